The summed E-state index contributed by atoms with van der Waals surface area (Å²) in [5.41, 5.74) is 0.554. The second-order valence-corrected chi connectivity index (χ2v) is 7.18. The summed E-state index contributed by atoms with van der Waals surface area (Å²) in [7, 11) is 0. The average Bonchev–Trinajstić information content (AvgIpc) is 3.22. The number of guanidine groups is 1. The molecule has 1 aromatic rings. The number of hydrogen-bond donors (Lipinski definition) is 1. The Morgan fingerprint density at radius 2 is 2.04 bits per heavy atom. The predicted molar refractivity (Wildman–Crippen MR) is 110 cm³/mol. The highest BCUT2D eigenvalue weighted by molar-refractivity contribution is 14.0. The van der Waals surface area contributed by atoms with Crippen molar-refractivity contribution < 1.29 is 4.52 Å². The number of nitrogens with one attached hydrogen (secondary N) is 1. The van der Waals surface area contributed by atoms with Gasteiger partial charge >= 0.3 is 0 Å². The fourth-order valence-electron chi connectivity index (χ4n) is 4.05. The van der Waals surface area contributed by atoms with Crippen molar-refractivity contribution in [2.45, 2.75) is 65.2 Å². The van der Waals surface area contributed by atoms with Crippen LogP contribution in [0.2, 0.25) is 0 Å². The highest BCUT2D eigenvalue weighted by Crippen LogP contribution is 2.43. The molecule has 0 radical (unpaired) electrons. The van der Waals surface area contributed by atoms with E-state index in [4.69, 9.17) is 9.52 Å². The molecule has 0 unspecified atom stereocenters. The Labute approximate surface area is 168 Å². The van der Waals surface area contributed by atoms with Crippen LogP contribution in [0.4, 0.5) is 0 Å². The maximum Gasteiger partial charge on any atom is 0.226 e. The number of aromatic nitrogens is 2. The van der Waals surface area contributed by atoms with E-state index in [0.29, 0.717) is 17.9 Å². The van der Waals surface area contributed by atoms with Crippen LogP contribution in [0.5, 0.6) is 0 Å². The van der Waals surface area contributed by atoms with E-state index in [0.717, 1.165) is 37.7 Å². The Kier molecular flexibility index (Phi) is 7.96. The molecule has 1 aromatic heterocycles. The minimum Gasteiger partial charge on any atom is -0.357 e. The molecule has 2 fully saturated rings. The number of hydrogen-bond acceptors (Lipinski definition) is 4. The highest BCUT2D eigenvalue weighted by atomic mass is 127. The molecule has 0 bridgehead atoms. The molecule has 1 N–H and O–H groups in total. The minimum atomic E-state index is 0. The van der Waals surface area contributed by atoms with Crippen LogP contribution in [0.15, 0.2) is 9.52 Å². The van der Waals surface area contributed by atoms with E-state index in [1.807, 2.05) is 6.92 Å². The van der Waals surface area contributed by atoms with Crippen LogP contribution in [0.1, 0.15) is 64.1 Å². The number of nitrogens with zero attached hydrogens (tertiary/aromatic N) is 4. The standard InChI is InChI=1S/C18H31N5O.HI/c1-3-16-21-15(22-24-16)8-12-20-17(19-4-2)23-13-11-18(14-23)9-6-5-7-10-18;/h3-14H2,1-2H3,(H,19,20);1H. The number of rotatable bonds is 5. The van der Waals surface area contributed by atoms with E-state index in [1.54, 1.807) is 0 Å². The van der Waals surface area contributed by atoms with Gasteiger partial charge in [-0.2, -0.15) is 4.98 Å². The van der Waals surface area contributed by atoms with Crippen LogP contribution in [-0.4, -0.2) is 47.2 Å². The van der Waals surface area contributed by atoms with Crippen LogP contribution in [0.3, 0.4) is 0 Å². The van der Waals surface area contributed by atoms with E-state index < -0.39 is 0 Å². The zero-order chi connectivity index (χ0) is 16.8. The van der Waals surface area contributed by atoms with Crippen LogP contribution >= 0.6 is 24.0 Å². The van der Waals surface area contributed by atoms with E-state index in [1.165, 1.54) is 45.1 Å². The van der Waals surface area contributed by atoms with Crippen molar-refractivity contribution in [3.8, 4) is 0 Å². The molecular weight excluding hydrogens is 429 g/mol. The van der Waals surface area contributed by atoms with Crippen molar-refractivity contribution in [1.29, 1.82) is 0 Å². The second kappa shape index (κ2) is 9.73. The first-order valence-electron chi connectivity index (χ1n) is 9.59. The Morgan fingerprint density at radius 1 is 1.24 bits per heavy atom. The van der Waals surface area contributed by atoms with Crippen molar-refractivity contribution in [2.24, 2.45) is 10.4 Å². The number of aliphatic imine (C=N–C) groups is 1. The van der Waals surface area contributed by atoms with Gasteiger partial charge < -0.3 is 14.7 Å². The van der Waals surface area contributed by atoms with Crippen LogP contribution in [-0.2, 0) is 12.8 Å². The molecule has 6 nitrogen and oxygen atoms in total. The first-order chi connectivity index (χ1) is 11.7. The Hall–Kier alpha value is -0.860. The maximum absolute atomic E-state index is 5.16. The molecule has 25 heavy (non-hydrogen) atoms. The molecule has 2 heterocycles. The molecule has 0 atom stereocenters. The monoisotopic (exact) mass is 461 g/mol. The SMILES string of the molecule is CCNC(=NCCc1noc(CC)n1)N1CCC2(CCCCC2)C1.I. The lowest BCUT2D eigenvalue weighted by atomic mass is 9.73. The van der Waals surface area contributed by atoms with Gasteiger partial charge in [0.2, 0.25) is 5.89 Å². The molecule has 1 saturated heterocycles. The zero-order valence-corrected chi connectivity index (χ0v) is 17.9. The van der Waals surface area contributed by atoms with Gasteiger partial charge in [0.15, 0.2) is 11.8 Å². The first-order valence-corrected chi connectivity index (χ1v) is 9.59. The van der Waals surface area contributed by atoms with Gasteiger partial charge in [-0.1, -0.05) is 31.3 Å². The number of likely N-dealkylation sites (tertiary alicyclic amines) is 1. The lowest BCUT2D eigenvalue weighted by Crippen LogP contribution is -2.41. The van der Waals surface area contributed by atoms with Crippen molar-refractivity contribution >= 4 is 29.9 Å². The summed E-state index contributed by atoms with van der Waals surface area (Å²) in [5, 5.41) is 7.47. The van der Waals surface area contributed by atoms with Gasteiger partial charge in [-0.15, -0.1) is 24.0 Å². The maximum atomic E-state index is 5.16. The van der Waals surface area contributed by atoms with Gasteiger partial charge in [0.05, 0.1) is 0 Å². The summed E-state index contributed by atoms with van der Waals surface area (Å²) in [6.45, 7) is 8.07. The molecule has 142 valence electrons. The first kappa shape index (κ1) is 20.5. The summed E-state index contributed by atoms with van der Waals surface area (Å²) in [6, 6.07) is 0. The molecule has 2 aliphatic rings. The Bertz CT molecular complexity index is 553. The summed E-state index contributed by atoms with van der Waals surface area (Å²) < 4.78 is 5.16. The molecule has 1 saturated carbocycles. The van der Waals surface area contributed by atoms with Gasteiger partial charge in [-0.05, 0) is 31.6 Å². The third-order valence-electron chi connectivity index (χ3n) is 5.40. The molecule has 0 amide bonds. The molecule has 1 spiro atoms. The van der Waals surface area contributed by atoms with Crippen LogP contribution in [0, 0.1) is 5.41 Å². The van der Waals surface area contributed by atoms with Crippen molar-refractivity contribution in [2.75, 3.05) is 26.2 Å². The fraction of sp³-hybridized carbons (Fsp3) is 0.833. The van der Waals surface area contributed by atoms with Crippen molar-refractivity contribution in [3.63, 3.8) is 0 Å². The van der Waals surface area contributed by atoms with Gasteiger partial charge in [-0.25, -0.2) is 0 Å². The van der Waals surface area contributed by atoms with Crippen LogP contribution < -0.4 is 5.32 Å². The Balaban J connectivity index is 0.00000225. The molecular formula is C18H32IN5O. The van der Waals surface area contributed by atoms with Gasteiger partial charge in [0.1, 0.15) is 0 Å². The van der Waals surface area contributed by atoms with Crippen molar-refractivity contribution in [1.82, 2.24) is 20.4 Å². The quantitative estimate of drug-likeness (QED) is 0.414. The lowest BCUT2D eigenvalue weighted by Gasteiger charge is -2.33. The molecule has 7 heteroatoms. The second-order valence-electron chi connectivity index (χ2n) is 7.18. The van der Waals surface area contributed by atoms with Gasteiger partial charge in [-0.3, -0.25) is 4.99 Å². The third-order valence-corrected chi connectivity index (χ3v) is 5.40. The van der Waals surface area contributed by atoms with Gasteiger partial charge in [0, 0.05) is 39.0 Å². The zero-order valence-electron chi connectivity index (χ0n) is 15.6. The summed E-state index contributed by atoms with van der Waals surface area (Å²) in [6.07, 6.45) is 9.85. The topological polar surface area (TPSA) is 66.5 Å². The van der Waals surface area contributed by atoms with E-state index in [9.17, 15) is 0 Å². The third kappa shape index (κ3) is 5.31. The van der Waals surface area contributed by atoms with Crippen LogP contribution in [0.25, 0.3) is 0 Å². The smallest absolute Gasteiger partial charge is 0.226 e. The van der Waals surface area contributed by atoms with E-state index in [2.05, 4.69) is 27.3 Å². The van der Waals surface area contributed by atoms with E-state index in [-0.39, 0.29) is 24.0 Å². The van der Waals surface area contributed by atoms with Crippen molar-refractivity contribution in [3.05, 3.63) is 11.7 Å². The summed E-state index contributed by atoms with van der Waals surface area (Å²) in [5.74, 6) is 2.52. The molecule has 1 aliphatic carbocycles. The largest absolute Gasteiger partial charge is 0.357 e. The normalized spacial score (nSPS) is 19.9. The van der Waals surface area contributed by atoms with Gasteiger partial charge in [0.25, 0.3) is 0 Å². The summed E-state index contributed by atoms with van der Waals surface area (Å²) >= 11 is 0. The molecule has 0 aromatic carbocycles. The molecule has 3 rings (SSSR count). The average molecular weight is 461 g/mol. The number of halogens is 1. The molecule has 1 aliphatic heterocycles. The highest BCUT2D eigenvalue weighted by Gasteiger charge is 2.39. The predicted octanol–water partition coefficient (Wildman–Crippen LogP) is 3.41. The minimum absolute atomic E-state index is 0. The lowest BCUT2D eigenvalue weighted by molar-refractivity contribution is 0.203. The number of aryl methyl sites for hydroxylation is 1. The fourth-order valence-corrected chi connectivity index (χ4v) is 4.05. The summed E-state index contributed by atoms with van der Waals surface area (Å²) in [4.78, 5) is 11.6. The Morgan fingerprint density at radius 3 is 2.72 bits per heavy atom. The van der Waals surface area contributed by atoms with E-state index >= 15 is 0 Å².